The zero-order chi connectivity index (χ0) is 11.7. The first-order valence-corrected chi connectivity index (χ1v) is 6.05. The lowest BCUT2D eigenvalue weighted by Crippen LogP contribution is -2.02. The number of rotatable bonds is 3. The third kappa shape index (κ3) is 1.83. The predicted molar refractivity (Wildman–Crippen MR) is 69.9 cm³/mol. The van der Waals surface area contributed by atoms with Gasteiger partial charge in [-0.15, -0.1) is 11.3 Å². The van der Waals surface area contributed by atoms with Crippen molar-refractivity contribution in [3.63, 3.8) is 0 Å². The molecular formula is C11H11N5S. The van der Waals surface area contributed by atoms with Gasteiger partial charge in [0.15, 0.2) is 0 Å². The normalized spacial score (nSPS) is 10.8. The van der Waals surface area contributed by atoms with Crippen LogP contribution in [-0.2, 0) is 6.54 Å². The SMILES string of the molecule is Nc1c(NCc2cnc[nH]2)ccc2scnc12. The molecule has 0 aliphatic rings. The molecule has 0 fully saturated rings. The summed E-state index contributed by atoms with van der Waals surface area (Å²) in [5.74, 6) is 0. The maximum absolute atomic E-state index is 6.06. The van der Waals surface area contributed by atoms with Crippen LogP contribution in [0.3, 0.4) is 0 Å². The molecule has 0 atom stereocenters. The van der Waals surface area contributed by atoms with E-state index in [1.54, 1.807) is 29.4 Å². The van der Waals surface area contributed by atoms with Crippen LogP contribution in [0.15, 0.2) is 30.2 Å². The number of hydrogen-bond acceptors (Lipinski definition) is 5. The van der Waals surface area contributed by atoms with Gasteiger partial charge in [-0.2, -0.15) is 0 Å². The molecule has 2 heterocycles. The number of anilines is 2. The molecule has 0 spiro atoms. The Morgan fingerprint density at radius 2 is 2.35 bits per heavy atom. The maximum Gasteiger partial charge on any atom is 0.106 e. The fraction of sp³-hybridized carbons (Fsp3) is 0.0909. The molecule has 0 saturated carbocycles. The number of nitrogens with two attached hydrogens (primary N) is 1. The quantitative estimate of drug-likeness (QED) is 0.618. The zero-order valence-electron chi connectivity index (χ0n) is 8.97. The first-order valence-electron chi connectivity index (χ1n) is 5.17. The van der Waals surface area contributed by atoms with Gasteiger partial charge in [-0.3, -0.25) is 0 Å². The Kier molecular flexibility index (Phi) is 2.41. The number of aromatic nitrogens is 3. The van der Waals surface area contributed by atoms with Crippen molar-refractivity contribution in [1.82, 2.24) is 15.0 Å². The molecule has 5 nitrogen and oxygen atoms in total. The van der Waals surface area contributed by atoms with Gasteiger partial charge in [-0.1, -0.05) is 0 Å². The van der Waals surface area contributed by atoms with Crippen molar-refractivity contribution in [2.75, 3.05) is 11.1 Å². The summed E-state index contributed by atoms with van der Waals surface area (Å²) in [5.41, 5.74) is 11.3. The lowest BCUT2D eigenvalue weighted by molar-refractivity contribution is 1.08. The summed E-state index contributed by atoms with van der Waals surface area (Å²) >= 11 is 1.59. The second kappa shape index (κ2) is 4.06. The van der Waals surface area contributed by atoms with Gasteiger partial charge in [0.2, 0.25) is 0 Å². The third-order valence-corrected chi connectivity index (χ3v) is 3.36. The lowest BCUT2D eigenvalue weighted by atomic mass is 10.2. The van der Waals surface area contributed by atoms with E-state index in [9.17, 15) is 0 Å². The van der Waals surface area contributed by atoms with E-state index in [0.717, 1.165) is 21.6 Å². The Bertz CT molecular complexity index is 628. The molecule has 0 bridgehead atoms. The van der Waals surface area contributed by atoms with Crippen molar-refractivity contribution >= 4 is 32.9 Å². The summed E-state index contributed by atoms with van der Waals surface area (Å²) in [4.78, 5) is 11.2. The van der Waals surface area contributed by atoms with Gasteiger partial charge in [0, 0.05) is 6.20 Å². The number of hydrogen-bond donors (Lipinski definition) is 3. The first-order chi connectivity index (χ1) is 8.34. The molecule has 86 valence electrons. The second-order valence-electron chi connectivity index (χ2n) is 3.66. The highest BCUT2D eigenvalue weighted by Crippen LogP contribution is 2.30. The average molecular weight is 245 g/mol. The van der Waals surface area contributed by atoms with E-state index in [0.29, 0.717) is 12.2 Å². The highest BCUT2D eigenvalue weighted by atomic mass is 32.1. The smallest absolute Gasteiger partial charge is 0.106 e. The summed E-state index contributed by atoms with van der Waals surface area (Å²) in [7, 11) is 0. The minimum Gasteiger partial charge on any atom is -0.395 e. The molecule has 17 heavy (non-hydrogen) atoms. The van der Waals surface area contributed by atoms with E-state index >= 15 is 0 Å². The number of nitrogens with one attached hydrogen (secondary N) is 2. The van der Waals surface area contributed by atoms with Crippen LogP contribution in [0.25, 0.3) is 10.2 Å². The fourth-order valence-corrected chi connectivity index (χ4v) is 2.37. The Morgan fingerprint density at radius 1 is 1.41 bits per heavy atom. The maximum atomic E-state index is 6.06. The molecule has 0 amide bonds. The standard InChI is InChI=1S/C11H11N5S/c12-10-8(14-4-7-3-13-5-15-7)1-2-9-11(10)16-6-17-9/h1-3,5-6,14H,4,12H2,(H,13,15). The van der Waals surface area contributed by atoms with Crippen molar-refractivity contribution in [3.8, 4) is 0 Å². The van der Waals surface area contributed by atoms with Gasteiger partial charge in [0.25, 0.3) is 0 Å². The van der Waals surface area contributed by atoms with Gasteiger partial charge in [0.1, 0.15) is 5.52 Å². The van der Waals surface area contributed by atoms with Crippen LogP contribution in [0.1, 0.15) is 5.69 Å². The molecule has 1 aromatic carbocycles. The highest BCUT2D eigenvalue weighted by Gasteiger charge is 2.06. The molecule has 3 rings (SSSR count). The number of nitrogen functional groups attached to an aromatic ring is 1. The number of imidazole rings is 1. The number of benzene rings is 1. The van der Waals surface area contributed by atoms with Crippen LogP contribution in [0, 0.1) is 0 Å². The van der Waals surface area contributed by atoms with Crippen LogP contribution in [0.4, 0.5) is 11.4 Å². The zero-order valence-corrected chi connectivity index (χ0v) is 9.79. The lowest BCUT2D eigenvalue weighted by Gasteiger charge is -2.08. The average Bonchev–Trinajstić information content (AvgIpc) is 2.99. The second-order valence-corrected chi connectivity index (χ2v) is 4.54. The van der Waals surface area contributed by atoms with Gasteiger partial charge in [-0.05, 0) is 12.1 Å². The molecule has 3 aromatic rings. The van der Waals surface area contributed by atoms with Gasteiger partial charge >= 0.3 is 0 Å². The topological polar surface area (TPSA) is 79.6 Å². The van der Waals surface area contributed by atoms with Gasteiger partial charge in [0.05, 0.1) is 40.2 Å². The summed E-state index contributed by atoms with van der Waals surface area (Å²) in [6.45, 7) is 0.667. The molecule has 0 aliphatic carbocycles. The Morgan fingerprint density at radius 3 is 3.18 bits per heavy atom. The molecule has 0 aliphatic heterocycles. The highest BCUT2D eigenvalue weighted by molar-refractivity contribution is 7.16. The number of nitrogens with zero attached hydrogens (tertiary/aromatic N) is 2. The summed E-state index contributed by atoms with van der Waals surface area (Å²) in [6, 6.07) is 4.00. The van der Waals surface area contributed by atoms with Crippen LogP contribution in [-0.4, -0.2) is 15.0 Å². The Labute approximate surface area is 102 Å². The predicted octanol–water partition coefficient (Wildman–Crippen LogP) is 2.21. The van der Waals surface area contributed by atoms with E-state index in [4.69, 9.17) is 5.73 Å². The largest absolute Gasteiger partial charge is 0.395 e. The third-order valence-electron chi connectivity index (χ3n) is 2.57. The van der Waals surface area contributed by atoms with Gasteiger partial charge in [-0.25, -0.2) is 9.97 Å². The van der Waals surface area contributed by atoms with Crippen molar-refractivity contribution in [1.29, 1.82) is 0 Å². The molecule has 4 N–H and O–H groups in total. The molecular weight excluding hydrogens is 234 g/mol. The van der Waals surface area contributed by atoms with E-state index < -0.39 is 0 Å². The number of fused-ring (bicyclic) bond motifs is 1. The van der Waals surface area contributed by atoms with E-state index in [-0.39, 0.29) is 0 Å². The van der Waals surface area contributed by atoms with Crippen LogP contribution >= 0.6 is 11.3 Å². The number of aromatic amines is 1. The summed E-state index contributed by atoms with van der Waals surface area (Å²) in [6.07, 6.45) is 3.44. The molecule has 2 aromatic heterocycles. The minimum atomic E-state index is 0.667. The molecule has 0 saturated heterocycles. The van der Waals surface area contributed by atoms with Gasteiger partial charge < -0.3 is 16.0 Å². The Hall–Kier alpha value is -2.08. The van der Waals surface area contributed by atoms with Crippen molar-refractivity contribution in [3.05, 3.63) is 35.9 Å². The molecule has 0 radical (unpaired) electrons. The van der Waals surface area contributed by atoms with Crippen LogP contribution in [0.2, 0.25) is 0 Å². The molecule has 6 heteroatoms. The monoisotopic (exact) mass is 245 g/mol. The first kappa shape index (κ1) is 10.1. The number of thiazole rings is 1. The Balaban J connectivity index is 1.87. The van der Waals surface area contributed by atoms with E-state index in [1.807, 2.05) is 12.1 Å². The van der Waals surface area contributed by atoms with E-state index in [2.05, 4.69) is 20.3 Å². The van der Waals surface area contributed by atoms with Crippen molar-refractivity contribution < 1.29 is 0 Å². The van der Waals surface area contributed by atoms with Crippen LogP contribution in [0.5, 0.6) is 0 Å². The van der Waals surface area contributed by atoms with Crippen molar-refractivity contribution in [2.45, 2.75) is 6.54 Å². The summed E-state index contributed by atoms with van der Waals surface area (Å²) < 4.78 is 1.11. The number of H-pyrrole nitrogens is 1. The van der Waals surface area contributed by atoms with Crippen LogP contribution < -0.4 is 11.1 Å². The summed E-state index contributed by atoms with van der Waals surface area (Å²) in [5, 5.41) is 3.27. The molecule has 0 unspecified atom stereocenters. The van der Waals surface area contributed by atoms with E-state index in [1.165, 1.54) is 0 Å². The van der Waals surface area contributed by atoms with Crippen molar-refractivity contribution in [2.24, 2.45) is 0 Å². The minimum absolute atomic E-state index is 0.667. The fourth-order valence-electron chi connectivity index (χ4n) is 1.68.